The molecule has 1 aromatic rings. The summed E-state index contributed by atoms with van der Waals surface area (Å²) < 4.78 is 0. The Morgan fingerprint density at radius 3 is 1.86 bits per heavy atom. The van der Waals surface area contributed by atoms with Crippen molar-refractivity contribution in [1.82, 2.24) is 10.6 Å². The van der Waals surface area contributed by atoms with E-state index in [9.17, 15) is 24.6 Å². The molecule has 14 heteroatoms. The second-order valence-electron chi connectivity index (χ2n) is 7.84. The maximum Gasteiger partial charge on any atom is 0.326 e. The highest BCUT2D eigenvalue weighted by molar-refractivity contribution is 5.91. The van der Waals surface area contributed by atoms with Gasteiger partial charge in [0.25, 0.3) is 0 Å². The van der Waals surface area contributed by atoms with Gasteiger partial charge in [0.1, 0.15) is 17.8 Å². The van der Waals surface area contributed by atoms with Crippen LogP contribution in [0.2, 0.25) is 0 Å². The standard InChI is InChI=1S/C21H35N9O5/c22-14(3-1-9-27-20(23)24)17(32)29-15(4-2-10-28-21(25)26)18(33)30-16(19(34)35)11-12-5-7-13(31)8-6-12/h5-8,14-16,31H,1-4,9-11,22H2,(H,29,32)(H,30,33)(H,34,35)(H4,23,24,27)(H4,25,26,28)/t14-,15-,16-/m0/s1. The lowest BCUT2D eigenvalue weighted by Crippen LogP contribution is -2.54. The van der Waals surface area contributed by atoms with Crippen LogP contribution in [0.5, 0.6) is 5.75 Å². The molecule has 0 spiro atoms. The van der Waals surface area contributed by atoms with Gasteiger partial charge in [-0.05, 0) is 43.4 Å². The summed E-state index contributed by atoms with van der Waals surface area (Å²) in [6.07, 6.45) is 1.16. The van der Waals surface area contributed by atoms with E-state index in [-0.39, 0.29) is 43.5 Å². The van der Waals surface area contributed by atoms with Crippen LogP contribution in [0.4, 0.5) is 0 Å². The molecule has 1 aromatic carbocycles. The second kappa shape index (κ2) is 15.0. The van der Waals surface area contributed by atoms with Crippen molar-refractivity contribution in [3.63, 3.8) is 0 Å². The smallest absolute Gasteiger partial charge is 0.326 e. The monoisotopic (exact) mass is 493 g/mol. The number of rotatable bonds is 15. The van der Waals surface area contributed by atoms with E-state index in [0.717, 1.165) is 0 Å². The van der Waals surface area contributed by atoms with E-state index in [4.69, 9.17) is 28.7 Å². The Bertz CT molecular complexity index is 897. The van der Waals surface area contributed by atoms with Gasteiger partial charge in [0.05, 0.1) is 6.04 Å². The molecule has 0 heterocycles. The highest BCUT2D eigenvalue weighted by Gasteiger charge is 2.28. The maximum atomic E-state index is 12.9. The number of aliphatic carboxylic acids is 1. The van der Waals surface area contributed by atoms with Crippen molar-refractivity contribution in [3.8, 4) is 5.75 Å². The number of hydrogen-bond acceptors (Lipinski definition) is 7. The van der Waals surface area contributed by atoms with Crippen LogP contribution >= 0.6 is 0 Å². The number of carbonyl (C=O) groups excluding carboxylic acids is 2. The third-order valence-corrected chi connectivity index (χ3v) is 4.87. The predicted octanol–water partition coefficient (Wildman–Crippen LogP) is -2.58. The summed E-state index contributed by atoms with van der Waals surface area (Å²) in [7, 11) is 0. The van der Waals surface area contributed by atoms with Crippen molar-refractivity contribution in [2.45, 2.75) is 50.2 Å². The summed E-state index contributed by atoms with van der Waals surface area (Å²) in [5.41, 5.74) is 27.6. The van der Waals surface area contributed by atoms with E-state index in [0.29, 0.717) is 24.9 Å². The van der Waals surface area contributed by atoms with Crippen molar-refractivity contribution < 1.29 is 24.6 Å². The number of nitrogens with one attached hydrogen (secondary N) is 2. The molecule has 0 bridgehead atoms. The SMILES string of the molecule is NC(N)=NCCC[C@H](NC(=O)[C@@H](N)CCCN=C(N)N)C(=O)N[C@@H](Cc1ccc(O)cc1)C(=O)O. The first-order valence-electron chi connectivity index (χ1n) is 11.0. The number of amides is 2. The van der Waals surface area contributed by atoms with E-state index in [1.165, 1.54) is 12.1 Å². The fourth-order valence-electron chi connectivity index (χ4n) is 3.04. The Morgan fingerprint density at radius 2 is 1.34 bits per heavy atom. The first kappa shape index (κ1) is 29.0. The molecule has 14 nitrogen and oxygen atoms in total. The van der Waals surface area contributed by atoms with E-state index >= 15 is 0 Å². The molecule has 0 aliphatic carbocycles. The number of nitrogens with zero attached hydrogens (tertiary/aromatic N) is 2. The predicted molar refractivity (Wildman–Crippen MR) is 131 cm³/mol. The minimum absolute atomic E-state index is 0.0275. The Labute approximate surface area is 203 Å². The molecule has 0 saturated heterocycles. The van der Waals surface area contributed by atoms with Crippen LogP contribution in [0.1, 0.15) is 31.2 Å². The number of carbonyl (C=O) groups is 3. The zero-order chi connectivity index (χ0) is 26.4. The van der Waals surface area contributed by atoms with Crippen molar-refractivity contribution in [2.75, 3.05) is 13.1 Å². The van der Waals surface area contributed by atoms with Gasteiger partial charge < -0.3 is 49.5 Å². The summed E-state index contributed by atoms with van der Waals surface area (Å²) >= 11 is 0. The number of benzene rings is 1. The number of aliphatic imine (C=N–C) groups is 2. The van der Waals surface area contributed by atoms with Crippen molar-refractivity contribution in [3.05, 3.63) is 29.8 Å². The Balaban J connectivity index is 2.84. The van der Waals surface area contributed by atoms with E-state index in [1.807, 2.05) is 0 Å². The zero-order valence-corrected chi connectivity index (χ0v) is 19.4. The fourth-order valence-corrected chi connectivity index (χ4v) is 3.04. The molecule has 3 atom stereocenters. The molecule has 0 aliphatic rings. The van der Waals surface area contributed by atoms with Gasteiger partial charge in [-0.25, -0.2) is 4.79 Å². The normalized spacial score (nSPS) is 13.1. The quantitative estimate of drug-likeness (QED) is 0.0699. The van der Waals surface area contributed by atoms with Gasteiger partial charge in [-0.15, -0.1) is 0 Å². The first-order valence-corrected chi connectivity index (χ1v) is 11.0. The lowest BCUT2D eigenvalue weighted by molar-refractivity contribution is -0.142. The third-order valence-electron chi connectivity index (χ3n) is 4.87. The van der Waals surface area contributed by atoms with Crippen molar-refractivity contribution in [2.24, 2.45) is 38.7 Å². The maximum absolute atomic E-state index is 12.9. The van der Waals surface area contributed by atoms with Crippen LogP contribution in [0.25, 0.3) is 0 Å². The van der Waals surface area contributed by atoms with Crippen LogP contribution < -0.4 is 39.3 Å². The summed E-state index contributed by atoms with van der Waals surface area (Å²) in [4.78, 5) is 44.9. The molecule has 14 N–H and O–H groups in total. The number of aromatic hydroxyl groups is 1. The van der Waals surface area contributed by atoms with Crippen LogP contribution in [-0.4, -0.2) is 71.1 Å². The lowest BCUT2D eigenvalue weighted by atomic mass is 10.0. The molecule has 2 amide bonds. The lowest BCUT2D eigenvalue weighted by Gasteiger charge is -2.23. The number of carboxylic acid groups (broad SMARTS) is 1. The summed E-state index contributed by atoms with van der Waals surface area (Å²) in [5, 5.41) is 24.0. The summed E-state index contributed by atoms with van der Waals surface area (Å²) in [6.45, 7) is 0.506. The van der Waals surface area contributed by atoms with E-state index < -0.39 is 35.9 Å². The van der Waals surface area contributed by atoms with Crippen LogP contribution in [0.15, 0.2) is 34.3 Å². The Morgan fingerprint density at radius 1 is 0.829 bits per heavy atom. The molecule has 35 heavy (non-hydrogen) atoms. The molecule has 0 radical (unpaired) electrons. The first-order chi connectivity index (χ1) is 16.5. The number of phenolic OH excluding ortho intramolecular Hbond substituents is 1. The molecular weight excluding hydrogens is 458 g/mol. The van der Waals surface area contributed by atoms with Gasteiger partial charge in [0, 0.05) is 19.5 Å². The van der Waals surface area contributed by atoms with Crippen LogP contribution in [0, 0.1) is 0 Å². The average molecular weight is 494 g/mol. The van der Waals surface area contributed by atoms with Crippen molar-refractivity contribution in [1.29, 1.82) is 0 Å². The highest BCUT2D eigenvalue weighted by atomic mass is 16.4. The van der Waals surface area contributed by atoms with Gasteiger partial charge in [-0.3, -0.25) is 19.6 Å². The molecule has 0 aromatic heterocycles. The minimum atomic E-state index is -1.27. The minimum Gasteiger partial charge on any atom is -0.508 e. The molecule has 0 saturated carbocycles. The molecule has 194 valence electrons. The largest absolute Gasteiger partial charge is 0.508 e. The molecule has 0 unspecified atom stereocenters. The Hall–Kier alpha value is -4.07. The summed E-state index contributed by atoms with van der Waals surface area (Å²) in [5.74, 6) is -2.68. The highest BCUT2D eigenvalue weighted by Crippen LogP contribution is 2.12. The second-order valence-corrected chi connectivity index (χ2v) is 7.84. The molecule has 0 aliphatic heterocycles. The number of guanidine groups is 2. The number of nitrogens with two attached hydrogens (primary N) is 5. The zero-order valence-electron chi connectivity index (χ0n) is 19.4. The van der Waals surface area contributed by atoms with Gasteiger partial charge in [-0.2, -0.15) is 0 Å². The number of hydrogen-bond donors (Lipinski definition) is 9. The van der Waals surface area contributed by atoms with Gasteiger partial charge >= 0.3 is 5.97 Å². The van der Waals surface area contributed by atoms with Crippen LogP contribution in [-0.2, 0) is 20.8 Å². The topological polar surface area (TPSA) is 271 Å². The summed E-state index contributed by atoms with van der Waals surface area (Å²) in [6, 6.07) is 2.67. The fraction of sp³-hybridized carbons (Fsp3) is 0.476. The Kier molecular flexibility index (Phi) is 12.4. The number of carboxylic acids is 1. The van der Waals surface area contributed by atoms with Gasteiger partial charge in [-0.1, -0.05) is 12.1 Å². The third kappa shape index (κ3) is 12.1. The van der Waals surface area contributed by atoms with Crippen LogP contribution in [0.3, 0.4) is 0 Å². The van der Waals surface area contributed by atoms with E-state index in [1.54, 1.807) is 12.1 Å². The molecular formula is C21H35N9O5. The number of phenols is 1. The molecule has 0 fully saturated rings. The van der Waals surface area contributed by atoms with Gasteiger partial charge in [0.15, 0.2) is 11.9 Å². The van der Waals surface area contributed by atoms with Gasteiger partial charge in [0.2, 0.25) is 11.8 Å². The average Bonchev–Trinajstić information content (AvgIpc) is 2.78. The van der Waals surface area contributed by atoms with E-state index in [2.05, 4.69) is 20.6 Å². The molecule has 1 rings (SSSR count). The van der Waals surface area contributed by atoms with Crippen molar-refractivity contribution >= 4 is 29.7 Å².